The number of primary amides is 2. The molecule has 9 heavy (non-hydrogen) atoms. The van der Waals surface area contributed by atoms with Gasteiger partial charge in [0.25, 0.3) is 0 Å². The third-order valence-corrected chi connectivity index (χ3v) is 0.156. The smallest absolute Gasteiger partial charge is 0.402 e. The molecule has 2 amide bonds. The molecule has 0 saturated heterocycles. The second-order valence-electron chi connectivity index (χ2n) is 0.963. The Kier molecular flexibility index (Phi) is 7.92. The molecule has 0 aromatic carbocycles. The first-order chi connectivity index (χ1) is 4.00. The zero-order valence-electron chi connectivity index (χ0n) is 4.57. The number of amides is 2. The van der Waals surface area contributed by atoms with Crippen LogP contribution in [0.15, 0.2) is 0 Å². The van der Waals surface area contributed by atoms with E-state index in [0.717, 1.165) is 0 Å². The molecule has 0 fully saturated rings. The van der Waals surface area contributed by atoms with E-state index in [1.807, 2.05) is 0 Å². The zero-order valence-corrected chi connectivity index (χ0v) is 4.57. The lowest BCUT2D eigenvalue weighted by Gasteiger charge is -1.73. The summed E-state index contributed by atoms with van der Waals surface area (Å²) in [6.45, 7) is -0.556. The number of aliphatic hydroxyl groups is 1. The van der Waals surface area contributed by atoms with Crippen molar-refractivity contribution in [3.63, 3.8) is 0 Å². The van der Waals surface area contributed by atoms with Crippen molar-refractivity contribution in [3.8, 4) is 0 Å². The highest BCUT2D eigenvalue weighted by atomic mass is 16.4. The van der Waals surface area contributed by atoms with Crippen molar-refractivity contribution < 1.29 is 19.8 Å². The number of carbonyl (C=O) groups excluding carboxylic acids is 1. The Morgan fingerprint density at radius 3 is 1.44 bits per heavy atom. The van der Waals surface area contributed by atoms with Crippen molar-refractivity contribution in [2.45, 2.75) is 0 Å². The van der Waals surface area contributed by atoms with Gasteiger partial charge in [-0.2, -0.15) is 0 Å². The van der Waals surface area contributed by atoms with Crippen molar-refractivity contribution in [3.05, 3.63) is 0 Å². The molecular formula is C3H8N2O4. The van der Waals surface area contributed by atoms with Crippen LogP contribution < -0.4 is 11.5 Å². The van der Waals surface area contributed by atoms with Crippen LogP contribution in [0.2, 0.25) is 0 Å². The van der Waals surface area contributed by atoms with E-state index >= 15 is 0 Å². The van der Waals surface area contributed by atoms with Crippen LogP contribution >= 0.6 is 0 Å². The Morgan fingerprint density at radius 2 is 1.44 bits per heavy atom. The molecule has 0 radical (unpaired) electrons. The molecule has 0 bridgehead atoms. The minimum Gasteiger partial charge on any atom is -0.465 e. The minimum atomic E-state index is -1.33. The summed E-state index contributed by atoms with van der Waals surface area (Å²) in [7, 11) is 0. The summed E-state index contributed by atoms with van der Waals surface area (Å²) in [5.41, 5.74) is 8.43. The molecular weight excluding hydrogens is 128 g/mol. The van der Waals surface area contributed by atoms with Gasteiger partial charge in [0, 0.05) is 0 Å². The highest BCUT2D eigenvalue weighted by Crippen LogP contribution is 1.42. The standard InChI is InChI=1S/C2H5NO2.CH3NO2/c3-2(5)1-4;2-1(3)4/h4H,1H2,(H2,3,5);2H2,(H,3,4). The largest absolute Gasteiger partial charge is 0.465 e. The lowest BCUT2D eigenvalue weighted by atomic mass is 10.7. The van der Waals surface area contributed by atoms with Gasteiger partial charge in [-0.1, -0.05) is 0 Å². The second-order valence-corrected chi connectivity index (χ2v) is 0.963. The zero-order chi connectivity index (χ0) is 7.86. The molecule has 0 aromatic rings. The normalized spacial score (nSPS) is 6.78. The average molecular weight is 136 g/mol. The SMILES string of the molecule is NC(=O)CO.NC(=O)O. The van der Waals surface area contributed by atoms with Crippen LogP contribution in [0.5, 0.6) is 0 Å². The summed E-state index contributed by atoms with van der Waals surface area (Å²) in [4.78, 5) is 18.1. The van der Waals surface area contributed by atoms with Crippen molar-refractivity contribution in [1.29, 1.82) is 0 Å². The van der Waals surface area contributed by atoms with E-state index in [9.17, 15) is 4.79 Å². The molecule has 0 rings (SSSR count). The molecule has 0 aromatic heterocycles. The molecule has 0 saturated carbocycles. The Balaban J connectivity index is 0. The molecule has 0 aliphatic carbocycles. The van der Waals surface area contributed by atoms with Gasteiger partial charge in [-0.15, -0.1) is 0 Å². The monoisotopic (exact) mass is 136 g/mol. The van der Waals surface area contributed by atoms with Gasteiger partial charge in [-0.3, -0.25) is 4.79 Å². The predicted molar refractivity (Wildman–Crippen MR) is 28.5 cm³/mol. The van der Waals surface area contributed by atoms with E-state index in [1.165, 1.54) is 0 Å². The third kappa shape index (κ3) is 302. The maximum Gasteiger partial charge on any atom is 0.402 e. The van der Waals surface area contributed by atoms with Crippen LogP contribution in [0.1, 0.15) is 0 Å². The average Bonchev–Trinajstić information content (AvgIpc) is 1.65. The fraction of sp³-hybridized carbons (Fsp3) is 0.333. The Morgan fingerprint density at radius 1 is 1.33 bits per heavy atom. The molecule has 0 aliphatic rings. The summed E-state index contributed by atoms with van der Waals surface area (Å²) in [6.07, 6.45) is -1.33. The molecule has 6 nitrogen and oxygen atoms in total. The molecule has 6 N–H and O–H groups in total. The molecule has 0 spiro atoms. The lowest BCUT2D eigenvalue weighted by molar-refractivity contribution is -0.120. The minimum absolute atomic E-state index is 0.556. The summed E-state index contributed by atoms with van der Waals surface area (Å²) in [5, 5.41) is 14.9. The Hall–Kier alpha value is -1.30. The summed E-state index contributed by atoms with van der Waals surface area (Å²) >= 11 is 0. The first-order valence-electron chi connectivity index (χ1n) is 1.88. The number of carboxylic acid groups (broad SMARTS) is 1. The van der Waals surface area contributed by atoms with E-state index in [4.69, 9.17) is 15.0 Å². The number of carbonyl (C=O) groups is 2. The third-order valence-electron chi connectivity index (χ3n) is 0.156. The fourth-order valence-electron chi connectivity index (χ4n) is 0. The first kappa shape index (κ1) is 10.6. The van der Waals surface area contributed by atoms with E-state index in [0.29, 0.717) is 0 Å². The topological polar surface area (TPSA) is 127 Å². The van der Waals surface area contributed by atoms with Gasteiger partial charge in [-0.05, 0) is 0 Å². The van der Waals surface area contributed by atoms with Crippen LogP contribution in [0.3, 0.4) is 0 Å². The predicted octanol–water partition coefficient (Wildman–Crippen LogP) is -1.91. The number of rotatable bonds is 1. The summed E-state index contributed by atoms with van der Waals surface area (Å²) in [5.74, 6) is -0.690. The number of aliphatic hydroxyl groups excluding tert-OH is 1. The van der Waals surface area contributed by atoms with E-state index < -0.39 is 18.6 Å². The quantitative estimate of drug-likeness (QED) is 0.335. The molecule has 6 heteroatoms. The van der Waals surface area contributed by atoms with Crippen LogP contribution in [0.4, 0.5) is 4.79 Å². The maximum atomic E-state index is 9.34. The first-order valence-corrected chi connectivity index (χ1v) is 1.88. The van der Waals surface area contributed by atoms with Gasteiger partial charge in [0.15, 0.2) is 0 Å². The number of hydrogen-bond acceptors (Lipinski definition) is 3. The van der Waals surface area contributed by atoms with Gasteiger partial charge in [0.2, 0.25) is 5.91 Å². The number of nitrogens with two attached hydrogens (primary N) is 2. The van der Waals surface area contributed by atoms with Gasteiger partial charge >= 0.3 is 6.09 Å². The van der Waals surface area contributed by atoms with Crippen LogP contribution in [-0.2, 0) is 4.79 Å². The van der Waals surface area contributed by atoms with Gasteiger partial charge in [-0.25, -0.2) is 4.79 Å². The summed E-state index contributed by atoms with van der Waals surface area (Å²) < 4.78 is 0. The highest BCUT2D eigenvalue weighted by molar-refractivity contribution is 5.74. The summed E-state index contributed by atoms with van der Waals surface area (Å²) in [6, 6.07) is 0. The van der Waals surface area contributed by atoms with E-state index in [-0.39, 0.29) is 0 Å². The van der Waals surface area contributed by atoms with Gasteiger partial charge in [0.1, 0.15) is 6.61 Å². The molecule has 0 unspecified atom stereocenters. The van der Waals surface area contributed by atoms with Crippen LogP contribution in [0.25, 0.3) is 0 Å². The molecule has 0 heterocycles. The van der Waals surface area contributed by atoms with Crippen molar-refractivity contribution in [1.82, 2.24) is 0 Å². The van der Waals surface area contributed by atoms with Crippen molar-refractivity contribution >= 4 is 12.0 Å². The van der Waals surface area contributed by atoms with E-state index in [2.05, 4.69) is 11.5 Å². The van der Waals surface area contributed by atoms with Crippen LogP contribution in [-0.4, -0.2) is 28.8 Å². The Labute approximate surface area is 51.1 Å². The van der Waals surface area contributed by atoms with Crippen LogP contribution in [0, 0.1) is 0 Å². The Bertz CT molecular complexity index is 98.0. The van der Waals surface area contributed by atoms with Gasteiger partial charge in [0.05, 0.1) is 0 Å². The molecule has 0 atom stereocenters. The van der Waals surface area contributed by atoms with E-state index in [1.54, 1.807) is 0 Å². The van der Waals surface area contributed by atoms with Crippen molar-refractivity contribution in [2.75, 3.05) is 6.61 Å². The fourth-order valence-corrected chi connectivity index (χ4v) is 0. The molecule has 54 valence electrons. The highest BCUT2D eigenvalue weighted by Gasteiger charge is 1.78. The van der Waals surface area contributed by atoms with Gasteiger partial charge < -0.3 is 21.7 Å². The lowest BCUT2D eigenvalue weighted by Crippen LogP contribution is -2.14. The molecule has 0 aliphatic heterocycles. The van der Waals surface area contributed by atoms with Crippen molar-refractivity contribution in [2.24, 2.45) is 11.5 Å². The number of hydrogen-bond donors (Lipinski definition) is 4. The maximum absolute atomic E-state index is 9.34. The second kappa shape index (κ2) is 6.70.